The van der Waals surface area contributed by atoms with Crippen LogP contribution in [-0.2, 0) is 6.42 Å². The van der Waals surface area contributed by atoms with Crippen LogP contribution in [0.15, 0.2) is 18.2 Å². The molecule has 3 saturated carbocycles. The molecule has 34 heavy (non-hydrogen) atoms. The highest BCUT2D eigenvalue weighted by atomic mass is 19.1. The maximum atomic E-state index is 14.7. The smallest absolute Gasteiger partial charge is 0.126 e. The SMILES string of the molecule is CCCc1ccc(C2CCC(C3CCC(C4CCC(CCCCCF)CC4)CC3)CC2)c(F)c1. The third kappa shape index (κ3) is 7.07. The standard InChI is InChI=1S/C32H50F2/c1-2-6-25-10-21-31(32(34)23-25)30-19-17-29(18-20-30)28-15-13-27(14-16-28)26-11-8-24(9-12-26)7-4-3-5-22-33/h10,21,23-24,26-30H,2-9,11-20,22H2,1H3. The quantitative estimate of drug-likeness (QED) is 0.297. The topological polar surface area (TPSA) is 0 Å². The first-order valence-electron chi connectivity index (χ1n) is 15.0. The van der Waals surface area contributed by atoms with E-state index in [1.165, 1.54) is 89.9 Å². The van der Waals surface area contributed by atoms with Crippen LogP contribution in [0, 0.1) is 35.4 Å². The molecule has 0 aliphatic heterocycles. The molecular weight excluding hydrogens is 422 g/mol. The highest BCUT2D eigenvalue weighted by Crippen LogP contribution is 2.47. The van der Waals surface area contributed by atoms with Crippen LogP contribution < -0.4 is 0 Å². The zero-order valence-corrected chi connectivity index (χ0v) is 21.9. The van der Waals surface area contributed by atoms with Gasteiger partial charge in [0.05, 0.1) is 6.67 Å². The molecule has 3 aliphatic carbocycles. The van der Waals surface area contributed by atoms with E-state index >= 15 is 0 Å². The number of benzene rings is 1. The van der Waals surface area contributed by atoms with Gasteiger partial charge in [-0.15, -0.1) is 0 Å². The molecule has 0 N–H and O–H groups in total. The highest BCUT2D eigenvalue weighted by Gasteiger charge is 2.35. The first kappa shape index (κ1) is 26.2. The van der Waals surface area contributed by atoms with E-state index in [2.05, 4.69) is 19.1 Å². The molecule has 3 aliphatic rings. The molecule has 0 heterocycles. The molecule has 0 aromatic heterocycles. The Labute approximate surface area is 208 Å². The molecule has 0 unspecified atom stereocenters. The van der Waals surface area contributed by atoms with Crippen molar-refractivity contribution < 1.29 is 8.78 Å². The lowest BCUT2D eigenvalue weighted by Gasteiger charge is -2.41. The normalized spacial score (nSPS) is 32.6. The highest BCUT2D eigenvalue weighted by molar-refractivity contribution is 5.27. The van der Waals surface area contributed by atoms with Crippen molar-refractivity contribution in [3.63, 3.8) is 0 Å². The predicted molar refractivity (Wildman–Crippen MR) is 140 cm³/mol. The molecule has 4 rings (SSSR count). The molecular formula is C32H50F2. The molecule has 0 saturated heterocycles. The van der Waals surface area contributed by atoms with Crippen molar-refractivity contribution in [2.45, 2.75) is 128 Å². The molecule has 0 spiro atoms. The van der Waals surface area contributed by atoms with Gasteiger partial charge in [0.1, 0.15) is 5.82 Å². The number of hydrogen-bond donors (Lipinski definition) is 0. The maximum Gasteiger partial charge on any atom is 0.126 e. The Balaban J connectivity index is 1.15. The van der Waals surface area contributed by atoms with Crippen LogP contribution in [0.4, 0.5) is 8.78 Å². The molecule has 0 atom stereocenters. The molecule has 3 fully saturated rings. The van der Waals surface area contributed by atoms with E-state index in [1.807, 2.05) is 0 Å². The summed E-state index contributed by atoms with van der Waals surface area (Å²) in [4.78, 5) is 0. The molecule has 2 heteroatoms. The Bertz CT molecular complexity index is 704. The van der Waals surface area contributed by atoms with E-state index in [-0.39, 0.29) is 12.5 Å². The van der Waals surface area contributed by atoms with Gasteiger partial charge in [0, 0.05) is 0 Å². The van der Waals surface area contributed by atoms with Crippen molar-refractivity contribution in [3.05, 3.63) is 35.1 Å². The van der Waals surface area contributed by atoms with Gasteiger partial charge in [-0.2, -0.15) is 0 Å². The van der Waals surface area contributed by atoms with Crippen LogP contribution in [0.1, 0.15) is 133 Å². The van der Waals surface area contributed by atoms with E-state index in [9.17, 15) is 8.78 Å². The Kier molecular flexibility index (Phi) is 10.3. The molecule has 1 aromatic rings. The number of unbranched alkanes of at least 4 members (excludes halogenated alkanes) is 2. The lowest BCUT2D eigenvalue weighted by molar-refractivity contribution is 0.108. The number of rotatable bonds is 10. The van der Waals surface area contributed by atoms with Gasteiger partial charge in [0.25, 0.3) is 0 Å². The van der Waals surface area contributed by atoms with Crippen LogP contribution in [0.25, 0.3) is 0 Å². The van der Waals surface area contributed by atoms with Crippen molar-refractivity contribution in [1.29, 1.82) is 0 Å². The minimum Gasteiger partial charge on any atom is -0.251 e. The fourth-order valence-corrected chi connectivity index (χ4v) is 7.99. The van der Waals surface area contributed by atoms with E-state index in [4.69, 9.17) is 0 Å². The number of aryl methyl sites for hydroxylation is 1. The minimum atomic E-state index is -0.137. The minimum absolute atomic E-state index is 0.0457. The van der Waals surface area contributed by atoms with Crippen molar-refractivity contribution in [3.8, 4) is 0 Å². The van der Waals surface area contributed by atoms with E-state index < -0.39 is 0 Å². The Morgan fingerprint density at radius 3 is 1.79 bits per heavy atom. The second kappa shape index (κ2) is 13.4. The Hall–Kier alpha value is -0.920. The summed E-state index contributed by atoms with van der Waals surface area (Å²) in [5.74, 6) is 5.20. The van der Waals surface area contributed by atoms with Crippen molar-refractivity contribution in [2.75, 3.05) is 6.67 Å². The maximum absolute atomic E-state index is 14.7. The van der Waals surface area contributed by atoms with Crippen molar-refractivity contribution >= 4 is 0 Å². The summed E-state index contributed by atoms with van der Waals surface area (Å²) in [7, 11) is 0. The van der Waals surface area contributed by atoms with Gasteiger partial charge in [-0.05, 0) is 130 Å². The van der Waals surface area contributed by atoms with Gasteiger partial charge in [-0.3, -0.25) is 4.39 Å². The second-order valence-electron chi connectivity index (χ2n) is 12.2. The first-order valence-corrected chi connectivity index (χ1v) is 15.0. The number of alkyl halides is 1. The summed E-state index contributed by atoms with van der Waals surface area (Å²) < 4.78 is 27.0. The van der Waals surface area contributed by atoms with Gasteiger partial charge < -0.3 is 0 Å². The van der Waals surface area contributed by atoms with Crippen LogP contribution in [0.5, 0.6) is 0 Å². The van der Waals surface area contributed by atoms with E-state index in [1.54, 1.807) is 6.07 Å². The van der Waals surface area contributed by atoms with E-state index in [0.717, 1.165) is 66.4 Å². The first-order chi connectivity index (χ1) is 16.7. The fraction of sp³-hybridized carbons (Fsp3) is 0.812. The van der Waals surface area contributed by atoms with Crippen LogP contribution in [-0.4, -0.2) is 6.67 Å². The van der Waals surface area contributed by atoms with Crippen LogP contribution >= 0.6 is 0 Å². The zero-order valence-electron chi connectivity index (χ0n) is 21.9. The molecule has 0 radical (unpaired) electrons. The van der Waals surface area contributed by atoms with Gasteiger partial charge >= 0.3 is 0 Å². The molecule has 0 bridgehead atoms. The van der Waals surface area contributed by atoms with E-state index in [0.29, 0.717) is 5.92 Å². The largest absolute Gasteiger partial charge is 0.251 e. The second-order valence-corrected chi connectivity index (χ2v) is 12.2. The van der Waals surface area contributed by atoms with Crippen molar-refractivity contribution in [1.82, 2.24) is 0 Å². The molecule has 1 aromatic carbocycles. The average molecular weight is 473 g/mol. The number of halogens is 2. The fourth-order valence-electron chi connectivity index (χ4n) is 7.99. The predicted octanol–water partition coefficient (Wildman–Crippen LogP) is 10.2. The van der Waals surface area contributed by atoms with Crippen molar-refractivity contribution in [2.24, 2.45) is 29.6 Å². The summed E-state index contributed by atoms with van der Waals surface area (Å²) in [5.41, 5.74) is 2.14. The van der Waals surface area contributed by atoms with Crippen LogP contribution in [0.2, 0.25) is 0 Å². The lowest BCUT2D eigenvalue weighted by Crippen LogP contribution is -2.29. The molecule has 0 amide bonds. The number of hydrogen-bond acceptors (Lipinski definition) is 0. The van der Waals surface area contributed by atoms with Gasteiger partial charge in [-0.25, -0.2) is 4.39 Å². The van der Waals surface area contributed by atoms with Gasteiger partial charge in [-0.1, -0.05) is 57.6 Å². The summed E-state index contributed by atoms with van der Waals surface area (Å²) in [6.07, 6.45) is 23.1. The summed E-state index contributed by atoms with van der Waals surface area (Å²) in [5, 5.41) is 0. The third-order valence-corrected chi connectivity index (χ3v) is 10.1. The Morgan fingerprint density at radius 1 is 0.706 bits per heavy atom. The van der Waals surface area contributed by atoms with Crippen LogP contribution in [0.3, 0.4) is 0 Å². The Morgan fingerprint density at radius 2 is 1.26 bits per heavy atom. The summed E-state index contributed by atoms with van der Waals surface area (Å²) in [6, 6.07) is 6.05. The molecule has 192 valence electrons. The third-order valence-electron chi connectivity index (χ3n) is 10.1. The lowest BCUT2D eigenvalue weighted by atomic mass is 9.64. The van der Waals surface area contributed by atoms with Gasteiger partial charge in [0.2, 0.25) is 0 Å². The van der Waals surface area contributed by atoms with Gasteiger partial charge in [0.15, 0.2) is 0 Å². The summed E-state index contributed by atoms with van der Waals surface area (Å²) in [6.45, 7) is 2.02. The monoisotopic (exact) mass is 472 g/mol. The average Bonchev–Trinajstić information content (AvgIpc) is 2.88. The summed E-state index contributed by atoms with van der Waals surface area (Å²) >= 11 is 0. The zero-order chi connectivity index (χ0) is 23.8. The molecule has 0 nitrogen and oxygen atoms in total.